The van der Waals surface area contributed by atoms with Gasteiger partial charge in [0.25, 0.3) is 0 Å². The highest BCUT2D eigenvalue weighted by Crippen LogP contribution is 2.39. The van der Waals surface area contributed by atoms with Gasteiger partial charge in [-0.2, -0.15) is 0 Å². The van der Waals surface area contributed by atoms with Crippen LogP contribution in [0.2, 0.25) is 0 Å². The first-order valence-corrected chi connectivity index (χ1v) is 17.0. The molecule has 4 heterocycles. The van der Waals surface area contributed by atoms with E-state index >= 15 is 0 Å². The fraction of sp³-hybridized carbons (Fsp3) is 0.0909. The SMILES string of the molecule is Cc1cc(C)c2c(c1)c1cc(C)cc(C)c1n2B1c2ccccc2-n2c3cnc(-c4ccccc4)nc3c3cc(-c4ccccc4)cc1c32. The minimum absolute atomic E-state index is 0.0662. The summed E-state index contributed by atoms with van der Waals surface area (Å²) in [6, 6.07) is 44.2. The molecule has 0 amide bonds. The molecule has 1 aliphatic rings. The molecule has 1 aliphatic heterocycles. The van der Waals surface area contributed by atoms with Crippen LogP contribution >= 0.6 is 0 Å². The smallest absolute Gasteiger partial charge is 0.332 e. The van der Waals surface area contributed by atoms with Gasteiger partial charge in [0.05, 0.1) is 17.2 Å². The highest BCUT2D eigenvalue weighted by molar-refractivity contribution is 6.88. The molecule has 3 aromatic heterocycles. The van der Waals surface area contributed by atoms with Crippen molar-refractivity contribution in [2.45, 2.75) is 27.7 Å². The van der Waals surface area contributed by atoms with Crippen LogP contribution < -0.4 is 10.9 Å². The molecule has 232 valence electrons. The third-order valence-electron chi connectivity index (χ3n) is 10.5. The van der Waals surface area contributed by atoms with Gasteiger partial charge in [-0.25, -0.2) is 9.97 Å². The van der Waals surface area contributed by atoms with Crippen LogP contribution in [0, 0.1) is 27.7 Å². The Balaban J connectivity index is 1.40. The van der Waals surface area contributed by atoms with Crippen LogP contribution in [0.5, 0.6) is 0 Å². The Morgan fingerprint density at radius 2 is 1.14 bits per heavy atom. The van der Waals surface area contributed by atoms with E-state index in [9.17, 15) is 0 Å². The Morgan fingerprint density at radius 1 is 0.531 bits per heavy atom. The summed E-state index contributed by atoms with van der Waals surface area (Å²) in [6.07, 6.45) is 2.02. The van der Waals surface area contributed by atoms with Gasteiger partial charge in [-0.1, -0.05) is 108 Å². The van der Waals surface area contributed by atoms with Gasteiger partial charge in [0.1, 0.15) is 5.52 Å². The van der Waals surface area contributed by atoms with Crippen molar-refractivity contribution in [3.05, 3.63) is 150 Å². The van der Waals surface area contributed by atoms with Crippen molar-refractivity contribution in [3.8, 4) is 28.2 Å². The van der Waals surface area contributed by atoms with Gasteiger partial charge in [-0.15, -0.1) is 0 Å². The molecule has 5 heteroatoms. The highest BCUT2D eigenvalue weighted by atomic mass is 15.0. The molecule has 49 heavy (non-hydrogen) atoms. The monoisotopic (exact) mass is 628 g/mol. The third kappa shape index (κ3) is 3.99. The lowest BCUT2D eigenvalue weighted by atomic mass is 9.48. The number of hydrogen-bond acceptors (Lipinski definition) is 2. The fourth-order valence-corrected chi connectivity index (χ4v) is 8.64. The number of benzene rings is 6. The molecule has 0 atom stereocenters. The van der Waals surface area contributed by atoms with Crippen LogP contribution in [-0.4, -0.2) is 25.9 Å². The molecule has 4 nitrogen and oxygen atoms in total. The summed E-state index contributed by atoms with van der Waals surface area (Å²) in [4.78, 5) is 10.3. The maximum atomic E-state index is 5.32. The lowest BCUT2D eigenvalue weighted by Crippen LogP contribution is -2.53. The van der Waals surface area contributed by atoms with Crippen LogP contribution in [0.15, 0.2) is 128 Å². The molecule has 0 unspecified atom stereocenters. The predicted molar refractivity (Wildman–Crippen MR) is 206 cm³/mol. The van der Waals surface area contributed by atoms with Crippen LogP contribution in [0.3, 0.4) is 0 Å². The van der Waals surface area contributed by atoms with E-state index in [4.69, 9.17) is 9.97 Å². The molecule has 0 N–H and O–H groups in total. The number of fused-ring (bicyclic) bond motifs is 8. The average molecular weight is 629 g/mol. The first kappa shape index (κ1) is 28.1. The van der Waals surface area contributed by atoms with Crippen molar-refractivity contribution >= 4 is 61.5 Å². The Hall–Kier alpha value is -5.94. The van der Waals surface area contributed by atoms with Crippen molar-refractivity contribution in [1.29, 1.82) is 0 Å². The van der Waals surface area contributed by atoms with Crippen molar-refractivity contribution in [1.82, 2.24) is 19.0 Å². The lowest BCUT2D eigenvalue weighted by Gasteiger charge is -2.29. The van der Waals surface area contributed by atoms with E-state index < -0.39 is 0 Å². The van der Waals surface area contributed by atoms with E-state index in [-0.39, 0.29) is 6.85 Å². The normalized spacial score (nSPS) is 12.4. The van der Waals surface area contributed by atoms with Gasteiger partial charge in [-0.05, 0) is 85.1 Å². The topological polar surface area (TPSA) is 35.6 Å². The van der Waals surface area contributed by atoms with Crippen LogP contribution in [0.25, 0.3) is 71.9 Å². The summed E-state index contributed by atoms with van der Waals surface area (Å²) in [5.74, 6) is 0.738. The third-order valence-corrected chi connectivity index (χ3v) is 10.5. The highest BCUT2D eigenvalue weighted by Gasteiger charge is 2.37. The Bertz CT molecular complexity index is 2740. The molecule has 0 aliphatic carbocycles. The molecule has 0 fully saturated rings. The Kier molecular flexibility index (Phi) is 5.90. The molecular weight excluding hydrogens is 595 g/mol. The number of rotatable bonds is 3. The number of aryl methyl sites for hydroxylation is 4. The van der Waals surface area contributed by atoms with E-state index in [0.29, 0.717) is 0 Å². The zero-order valence-corrected chi connectivity index (χ0v) is 28.0. The second-order valence-corrected chi connectivity index (χ2v) is 13.7. The predicted octanol–water partition coefficient (Wildman–Crippen LogP) is 9.22. The molecule has 0 radical (unpaired) electrons. The summed E-state index contributed by atoms with van der Waals surface area (Å²) >= 11 is 0. The van der Waals surface area contributed by atoms with E-state index in [0.717, 1.165) is 27.8 Å². The fourth-order valence-electron chi connectivity index (χ4n) is 8.64. The zero-order chi connectivity index (χ0) is 33.0. The van der Waals surface area contributed by atoms with Gasteiger partial charge < -0.3 is 9.05 Å². The molecule has 0 saturated heterocycles. The van der Waals surface area contributed by atoms with Gasteiger partial charge >= 0.3 is 6.85 Å². The Labute approximate surface area is 285 Å². The summed E-state index contributed by atoms with van der Waals surface area (Å²) < 4.78 is 5.07. The minimum Gasteiger partial charge on any atom is -0.375 e. The molecule has 0 saturated carbocycles. The van der Waals surface area contributed by atoms with E-state index in [1.54, 1.807) is 0 Å². The summed E-state index contributed by atoms with van der Waals surface area (Å²) in [5.41, 5.74) is 18.0. The molecule has 6 aromatic carbocycles. The summed E-state index contributed by atoms with van der Waals surface area (Å²) in [7, 11) is 0. The number of aromatic nitrogens is 4. The zero-order valence-electron chi connectivity index (χ0n) is 28.0. The van der Waals surface area contributed by atoms with Crippen molar-refractivity contribution < 1.29 is 0 Å². The molecule has 10 rings (SSSR count). The quantitative estimate of drug-likeness (QED) is 0.183. The molecule has 0 bridgehead atoms. The van der Waals surface area contributed by atoms with Crippen molar-refractivity contribution in [2.24, 2.45) is 0 Å². The standard InChI is InChI=1S/C44H33BN4/c1-26-19-28(3)41-33(21-26)34-22-27(2)20-29(4)42(34)49(41)45-36-17-11-12-18-38(36)48-39-25-46-44(31-15-9-6-10-16-31)47-40(39)35-23-32(24-37(45)43(35)48)30-13-7-5-8-14-30/h5-25H,1-4H3. The summed E-state index contributed by atoms with van der Waals surface area (Å²) in [6.45, 7) is 8.91. The van der Waals surface area contributed by atoms with Gasteiger partial charge in [0.15, 0.2) is 5.82 Å². The second-order valence-electron chi connectivity index (χ2n) is 13.7. The first-order chi connectivity index (χ1) is 24.0. The lowest BCUT2D eigenvalue weighted by molar-refractivity contribution is 1.14. The van der Waals surface area contributed by atoms with Crippen molar-refractivity contribution in [3.63, 3.8) is 0 Å². The Morgan fingerprint density at radius 3 is 1.82 bits per heavy atom. The number of hydrogen-bond donors (Lipinski definition) is 0. The second kappa shape index (κ2) is 10.3. The maximum absolute atomic E-state index is 5.32. The molecule has 9 aromatic rings. The van der Waals surface area contributed by atoms with Gasteiger partial charge in [-0.3, -0.25) is 0 Å². The number of para-hydroxylation sites is 1. The minimum atomic E-state index is -0.0662. The van der Waals surface area contributed by atoms with E-state index in [1.165, 1.54) is 77.3 Å². The van der Waals surface area contributed by atoms with Gasteiger partial charge in [0.2, 0.25) is 0 Å². The van der Waals surface area contributed by atoms with Crippen molar-refractivity contribution in [2.75, 3.05) is 0 Å². The first-order valence-electron chi connectivity index (χ1n) is 17.0. The number of nitrogens with zero attached hydrogens (tertiary/aromatic N) is 4. The maximum Gasteiger partial charge on any atom is 0.332 e. The average Bonchev–Trinajstić information content (AvgIpc) is 3.62. The van der Waals surface area contributed by atoms with Crippen LogP contribution in [0.4, 0.5) is 0 Å². The molecule has 0 spiro atoms. The molecular formula is C44H33BN4. The van der Waals surface area contributed by atoms with Crippen LogP contribution in [-0.2, 0) is 0 Å². The van der Waals surface area contributed by atoms with Gasteiger partial charge in [0, 0.05) is 38.4 Å². The van der Waals surface area contributed by atoms with E-state index in [1.807, 2.05) is 24.4 Å². The van der Waals surface area contributed by atoms with Crippen LogP contribution in [0.1, 0.15) is 22.3 Å². The summed E-state index contributed by atoms with van der Waals surface area (Å²) in [5, 5.41) is 3.78. The van der Waals surface area contributed by atoms with E-state index in [2.05, 4.69) is 140 Å². The largest absolute Gasteiger partial charge is 0.375 e.